The van der Waals surface area contributed by atoms with Gasteiger partial charge in [0.15, 0.2) is 0 Å². The van der Waals surface area contributed by atoms with Crippen LogP contribution in [0.25, 0.3) is 0 Å². The van der Waals surface area contributed by atoms with Gasteiger partial charge in [0.25, 0.3) is 0 Å². The van der Waals surface area contributed by atoms with Crippen LogP contribution >= 0.6 is 11.9 Å². The number of hydrazine groups is 1. The molecule has 1 aliphatic carbocycles. The van der Waals surface area contributed by atoms with Gasteiger partial charge in [0.2, 0.25) is 12.3 Å². The maximum Gasteiger partial charge on any atom is 0.327 e. The van der Waals surface area contributed by atoms with Gasteiger partial charge < -0.3 is 4.29 Å². The minimum Gasteiger partial charge on any atom is -0.347 e. The fraction of sp³-hybridized carbons (Fsp3) is 0.667. The second kappa shape index (κ2) is 6.32. The molecule has 1 aliphatic rings. The van der Waals surface area contributed by atoms with Crippen molar-refractivity contribution in [2.24, 2.45) is 11.8 Å². The Morgan fingerprint density at radius 2 is 1.75 bits per heavy atom. The zero-order valence-corrected chi connectivity index (χ0v) is 9.33. The molecule has 7 heteroatoms. The standard InChI is InChI=1S/C9H13ClN2O4/c10-16-9(15)7-3-1-6(2-4-7)8(14)12-11-5-13/h5-7H,1-4H2,(H,11,13)(H,12,14). The average Bonchev–Trinajstić information content (AvgIpc) is 2.35. The Kier molecular flexibility index (Phi) is 5.04. The summed E-state index contributed by atoms with van der Waals surface area (Å²) in [7, 11) is 0. The van der Waals surface area contributed by atoms with Crippen molar-refractivity contribution >= 4 is 30.2 Å². The van der Waals surface area contributed by atoms with Crippen LogP contribution < -0.4 is 10.9 Å². The molecule has 1 rings (SSSR count). The third-order valence-electron chi connectivity index (χ3n) is 2.76. The van der Waals surface area contributed by atoms with Crippen LogP contribution in [0, 0.1) is 11.8 Å². The topological polar surface area (TPSA) is 84.5 Å². The molecule has 16 heavy (non-hydrogen) atoms. The lowest BCUT2D eigenvalue weighted by atomic mass is 9.82. The van der Waals surface area contributed by atoms with Crippen LogP contribution in [0.4, 0.5) is 0 Å². The summed E-state index contributed by atoms with van der Waals surface area (Å²) >= 11 is 4.98. The largest absolute Gasteiger partial charge is 0.347 e. The lowest BCUT2D eigenvalue weighted by Gasteiger charge is -2.25. The predicted molar refractivity (Wildman–Crippen MR) is 54.7 cm³/mol. The van der Waals surface area contributed by atoms with Gasteiger partial charge >= 0.3 is 5.97 Å². The van der Waals surface area contributed by atoms with Gasteiger partial charge in [-0.05, 0) is 25.7 Å². The summed E-state index contributed by atoms with van der Waals surface area (Å²) in [6, 6.07) is 0. The predicted octanol–water partition coefficient (Wildman–Crippen LogP) is 0.267. The van der Waals surface area contributed by atoms with Gasteiger partial charge in [0.1, 0.15) is 11.9 Å². The second-order valence-corrected chi connectivity index (χ2v) is 3.85. The normalized spacial score (nSPS) is 24.3. The van der Waals surface area contributed by atoms with Crippen LogP contribution in [0.3, 0.4) is 0 Å². The monoisotopic (exact) mass is 248 g/mol. The van der Waals surface area contributed by atoms with Gasteiger partial charge in [-0.25, -0.2) is 0 Å². The molecule has 0 heterocycles. The average molecular weight is 249 g/mol. The third kappa shape index (κ3) is 3.37. The molecule has 0 radical (unpaired) electrons. The number of amides is 2. The minimum atomic E-state index is -0.438. The molecular formula is C9H13ClN2O4. The first kappa shape index (κ1) is 12.8. The van der Waals surface area contributed by atoms with Crippen LogP contribution in [-0.4, -0.2) is 18.3 Å². The van der Waals surface area contributed by atoms with Gasteiger partial charge in [-0.2, -0.15) is 0 Å². The quantitative estimate of drug-likeness (QED) is 0.552. The Morgan fingerprint density at radius 1 is 1.19 bits per heavy atom. The van der Waals surface area contributed by atoms with Crippen molar-refractivity contribution in [3.05, 3.63) is 0 Å². The fourth-order valence-corrected chi connectivity index (χ4v) is 1.98. The Morgan fingerprint density at radius 3 is 2.25 bits per heavy atom. The Balaban J connectivity index is 2.33. The molecule has 1 saturated carbocycles. The van der Waals surface area contributed by atoms with Crippen LogP contribution in [0.2, 0.25) is 0 Å². The van der Waals surface area contributed by atoms with Crippen LogP contribution in [0.1, 0.15) is 25.7 Å². The van der Waals surface area contributed by atoms with Crippen molar-refractivity contribution in [1.29, 1.82) is 0 Å². The molecule has 0 unspecified atom stereocenters. The zero-order chi connectivity index (χ0) is 12.0. The molecule has 0 aromatic rings. The van der Waals surface area contributed by atoms with Crippen molar-refractivity contribution in [3.8, 4) is 0 Å². The number of carbonyl (C=O) groups is 3. The molecule has 90 valence electrons. The highest BCUT2D eigenvalue weighted by atomic mass is 35.5. The highest BCUT2D eigenvalue weighted by Crippen LogP contribution is 2.29. The molecule has 0 aromatic carbocycles. The number of rotatable bonds is 4. The number of halogens is 1. The second-order valence-electron chi connectivity index (χ2n) is 3.70. The van der Waals surface area contributed by atoms with E-state index < -0.39 is 5.97 Å². The Bertz CT molecular complexity index is 277. The van der Waals surface area contributed by atoms with Gasteiger partial charge in [-0.1, -0.05) is 0 Å². The molecule has 0 atom stereocenters. The summed E-state index contributed by atoms with van der Waals surface area (Å²) in [5.74, 6) is -1.07. The highest BCUT2D eigenvalue weighted by Gasteiger charge is 2.30. The molecule has 0 aliphatic heterocycles. The third-order valence-corrected chi connectivity index (χ3v) is 2.91. The molecule has 0 saturated heterocycles. The van der Waals surface area contributed by atoms with E-state index >= 15 is 0 Å². The zero-order valence-electron chi connectivity index (χ0n) is 8.57. The Hall–Kier alpha value is -1.30. The summed E-state index contributed by atoms with van der Waals surface area (Å²) in [6.07, 6.45) is 2.72. The van der Waals surface area contributed by atoms with E-state index in [1.165, 1.54) is 0 Å². The van der Waals surface area contributed by atoms with Crippen molar-refractivity contribution in [2.45, 2.75) is 25.7 Å². The van der Waals surface area contributed by atoms with Crippen molar-refractivity contribution in [3.63, 3.8) is 0 Å². The molecular weight excluding hydrogens is 236 g/mol. The summed E-state index contributed by atoms with van der Waals surface area (Å²) < 4.78 is 4.12. The maximum absolute atomic E-state index is 11.4. The van der Waals surface area contributed by atoms with Crippen LogP contribution in [0.15, 0.2) is 0 Å². The summed E-state index contributed by atoms with van der Waals surface area (Å²) in [5.41, 5.74) is 4.36. The first-order valence-electron chi connectivity index (χ1n) is 5.00. The fourth-order valence-electron chi connectivity index (χ4n) is 1.86. The number of nitrogens with one attached hydrogen (secondary N) is 2. The Labute approximate surface area is 97.8 Å². The van der Waals surface area contributed by atoms with E-state index in [0.29, 0.717) is 32.1 Å². The molecule has 1 fully saturated rings. The highest BCUT2D eigenvalue weighted by molar-refractivity contribution is 6.13. The van der Waals surface area contributed by atoms with Crippen molar-refractivity contribution in [2.75, 3.05) is 0 Å². The molecule has 0 bridgehead atoms. The van der Waals surface area contributed by atoms with E-state index in [4.69, 9.17) is 11.9 Å². The lowest BCUT2D eigenvalue weighted by Crippen LogP contribution is -2.41. The smallest absolute Gasteiger partial charge is 0.327 e. The first-order chi connectivity index (χ1) is 7.69. The summed E-state index contributed by atoms with van der Waals surface area (Å²) in [6.45, 7) is 0. The molecule has 0 spiro atoms. The van der Waals surface area contributed by atoms with E-state index in [0.717, 1.165) is 0 Å². The SMILES string of the molecule is O=CNNC(=O)C1CCC(C(=O)OCl)CC1. The number of hydrogen-bond acceptors (Lipinski definition) is 4. The van der Waals surface area contributed by atoms with Crippen LogP contribution in [0.5, 0.6) is 0 Å². The van der Waals surface area contributed by atoms with Gasteiger partial charge in [-0.15, -0.1) is 0 Å². The van der Waals surface area contributed by atoms with Gasteiger partial charge in [-0.3, -0.25) is 25.2 Å². The number of carbonyl (C=O) groups excluding carboxylic acids is 3. The maximum atomic E-state index is 11.4. The van der Waals surface area contributed by atoms with Crippen molar-refractivity contribution < 1.29 is 18.7 Å². The minimum absolute atomic E-state index is 0.174. The van der Waals surface area contributed by atoms with E-state index in [1.54, 1.807) is 0 Å². The van der Waals surface area contributed by atoms with E-state index in [1.807, 2.05) is 0 Å². The molecule has 2 amide bonds. The molecule has 0 aromatic heterocycles. The van der Waals surface area contributed by atoms with E-state index in [9.17, 15) is 14.4 Å². The van der Waals surface area contributed by atoms with Gasteiger partial charge in [0.05, 0.1) is 5.92 Å². The summed E-state index contributed by atoms with van der Waals surface area (Å²) in [4.78, 5) is 32.5. The van der Waals surface area contributed by atoms with E-state index in [-0.39, 0.29) is 17.7 Å². The summed E-state index contributed by atoms with van der Waals surface area (Å²) in [5, 5.41) is 0. The molecule has 6 nitrogen and oxygen atoms in total. The lowest BCUT2D eigenvalue weighted by molar-refractivity contribution is -0.141. The van der Waals surface area contributed by atoms with Gasteiger partial charge in [0, 0.05) is 5.92 Å². The molecule has 2 N–H and O–H groups in total. The number of hydrogen-bond donors (Lipinski definition) is 2. The first-order valence-corrected chi connectivity index (χ1v) is 5.31. The van der Waals surface area contributed by atoms with E-state index in [2.05, 4.69) is 15.1 Å². The van der Waals surface area contributed by atoms with Crippen molar-refractivity contribution in [1.82, 2.24) is 10.9 Å². The van der Waals surface area contributed by atoms with Crippen LogP contribution in [-0.2, 0) is 18.7 Å².